The molecule has 5 aliphatic rings. The number of hydrogen-bond acceptors (Lipinski definition) is 7. The molecule has 0 bridgehead atoms. The fraction of sp³-hybridized carbons (Fsp3) is 0.667. The van der Waals surface area contributed by atoms with Crippen molar-refractivity contribution in [2.45, 2.75) is 72.2 Å². The summed E-state index contributed by atoms with van der Waals surface area (Å²) >= 11 is 0. The molecular formula is C27H34O7. The molecule has 2 fully saturated rings. The molecule has 0 amide bonds. The summed E-state index contributed by atoms with van der Waals surface area (Å²) in [4.78, 5) is 37.4. The van der Waals surface area contributed by atoms with Crippen LogP contribution >= 0.6 is 0 Å². The third kappa shape index (κ3) is 2.76. The van der Waals surface area contributed by atoms with E-state index in [1.54, 1.807) is 6.08 Å². The molecule has 1 unspecified atom stereocenters. The van der Waals surface area contributed by atoms with Gasteiger partial charge in [-0.2, -0.15) is 0 Å². The molecule has 184 valence electrons. The molecule has 1 saturated carbocycles. The summed E-state index contributed by atoms with van der Waals surface area (Å²) in [6.07, 6.45) is 6.57. The van der Waals surface area contributed by atoms with Crippen molar-refractivity contribution in [2.24, 2.45) is 34.0 Å². The van der Waals surface area contributed by atoms with Gasteiger partial charge in [0.05, 0.1) is 13.5 Å². The van der Waals surface area contributed by atoms with E-state index in [1.165, 1.54) is 13.2 Å². The molecule has 0 aromatic carbocycles. The number of hydrogen-bond donors (Lipinski definition) is 1. The Hall–Kier alpha value is -2.41. The van der Waals surface area contributed by atoms with Gasteiger partial charge in [0.25, 0.3) is 0 Å². The highest BCUT2D eigenvalue weighted by Crippen LogP contribution is 2.71. The maximum absolute atomic E-state index is 13.2. The molecule has 3 aliphatic carbocycles. The summed E-state index contributed by atoms with van der Waals surface area (Å²) in [5.41, 5.74) is -0.439. The number of fused-ring (bicyclic) bond motifs is 5. The number of carbonyl (C=O) groups is 3. The van der Waals surface area contributed by atoms with E-state index in [0.717, 1.165) is 18.4 Å². The van der Waals surface area contributed by atoms with Gasteiger partial charge < -0.3 is 19.3 Å². The van der Waals surface area contributed by atoms with E-state index in [1.807, 2.05) is 13.8 Å². The van der Waals surface area contributed by atoms with Crippen molar-refractivity contribution >= 4 is 17.7 Å². The quantitative estimate of drug-likeness (QED) is 0.497. The van der Waals surface area contributed by atoms with Crippen LogP contribution in [0.1, 0.15) is 60.3 Å². The minimum atomic E-state index is -1.21. The van der Waals surface area contributed by atoms with E-state index in [0.29, 0.717) is 17.8 Å². The van der Waals surface area contributed by atoms with Crippen molar-refractivity contribution in [1.29, 1.82) is 0 Å². The molecule has 0 aromatic rings. The molecule has 1 N–H and O–H groups in total. The maximum Gasteiger partial charge on any atom is 0.333 e. The molecule has 7 heteroatoms. The lowest BCUT2D eigenvalue weighted by atomic mass is 9.47. The number of methoxy groups -OCH3 is 1. The minimum Gasteiger partial charge on any atom is -0.486 e. The molecule has 1 saturated heterocycles. The number of cyclic esters (lactones) is 1. The van der Waals surface area contributed by atoms with E-state index in [9.17, 15) is 19.5 Å². The Morgan fingerprint density at radius 2 is 1.88 bits per heavy atom. The predicted molar refractivity (Wildman–Crippen MR) is 122 cm³/mol. The molecule has 0 spiro atoms. The van der Waals surface area contributed by atoms with Crippen LogP contribution in [0.4, 0.5) is 0 Å². The lowest BCUT2D eigenvalue weighted by Gasteiger charge is -2.53. The van der Waals surface area contributed by atoms with Crippen molar-refractivity contribution in [2.75, 3.05) is 7.11 Å². The minimum absolute atomic E-state index is 0.0351. The third-order valence-electron chi connectivity index (χ3n) is 9.96. The Labute approximate surface area is 200 Å². The SMILES string of the molecule is COC(=O)C[C@H]1C(C)(C)C(=O)C=C2O[C@@]3(C)C4=CC[C@@H](C5=CC(=O)OC5O)[C@]4(C)CC[C@@H]3[C@@]21C. The van der Waals surface area contributed by atoms with E-state index >= 15 is 0 Å². The van der Waals surface area contributed by atoms with Crippen LogP contribution < -0.4 is 0 Å². The number of carbonyl (C=O) groups excluding carboxylic acids is 3. The molecule has 0 radical (unpaired) electrons. The van der Waals surface area contributed by atoms with Crippen molar-refractivity contribution in [3.05, 3.63) is 35.1 Å². The second kappa shape index (κ2) is 7.06. The number of ether oxygens (including phenoxy) is 3. The van der Waals surface area contributed by atoms with Crippen molar-refractivity contribution in [1.82, 2.24) is 0 Å². The van der Waals surface area contributed by atoms with E-state index in [2.05, 4.69) is 26.8 Å². The molecular weight excluding hydrogens is 436 g/mol. The average Bonchev–Trinajstić information content (AvgIpc) is 3.34. The number of aliphatic hydroxyl groups is 1. The predicted octanol–water partition coefficient (Wildman–Crippen LogP) is 3.62. The van der Waals surface area contributed by atoms with E-state index in [-0.39, 0.29) is 41.3 Å². The molecule has 2 heterocycles. The van der Waals surface area contributed by atoms with Crippen LogP contribution in [0.5, 0.6) is 0 Å². The van der Waals surface area contributed by atoms with E-state index < -0.39 is 28.7 Å². The van der Waals surface area contributed by atoms with Crippen molar-refractivity contribution in [3.63, 3.8) is 0 Å². The van der Waals surface area contributed by atoms with Gasteiger partial charge in [-0.3, -0.25) is 9.59 Å². The monoisotopic (exact) mass is 470 g/mol. The Balaban J connectivity index is 1.57. The molecule has 7 nitrogen and oxygen atoms in total. The first-order valence-corrected chi connectivity index (χ1v) is 12.1. The topological polar surface area (TPSA) is 99.1 Å². The fourth-order valence-electron chi connectivity index (χ4n) is 8.15. The molecule has 7 atom stereocenters. The second-order valence-electron chi connectivity index (χ2n) is 11.8. The summed E-state index contributed by atoms with van der Waals surface area (Å²) in [5, 5.41) is 10.4. The maximum atomic E-state index is 13.2. The lowest BCUT2D eigenvalue weighted by molar-refractivity contribution is -0.152. The number of allylic oxidation sites excluding steroid dienone is 3. The first kappa shape index (κ1) is 23.3. The molecule has 2 aliphatic heterocycles. The first-order valence-electron chi connectivity index (χ1n) is 12.1. The lowest BCUT2D eigenvalue weighted by Crippen LogP contribution is -2.54. The summed E-state index contributed by atoms with van der Waals surface area (Å²) in [7, 11) is 1.38. The van der Waals surface area contributed by atoms with Crippen molar-refractivity contribution < 1.29 is 33.7 Å². The normalized spacial score (nSPS) is 44.1. The average molecular weight is 471 g/mol. The van der Waals surface area contributed by atoms with Crippen LogP contribution in [-0.2, 0) is 28.6 Å². The second-order valence-corrected chi connectivity index (χ2v) is 11.8. The first-order chi connectivity index (χ1) is 15.8. The van der Waals surface area contributed by atoms with Gasteiger partial charge in [-0.1, -0.05) is 33.8 Å². The summed E-state index contributed by atoms with van der Waals surface area (Å²) in [6, 6.07) is 0. The number of ketones is 1. The molecule has 34 heavy (non-hydrogen) atoms. The zero-order valence-electron chi connectivity index (χ0n) is 20.8. The highest BCUT2D eigenvalue weighted by molar-refractivity contribution is 5.97. The van der Waals surface area contributed by atoms with Crippen LogP contribution in [0.3, 0.4) is 0 Å². The Kier molecular flexibility index (Phi) is 4.85. The zero-order valence-corrected chi connectivity index (χ0v) is 20.8. The van der Waals surface area contributed by atoms with Gasteiger partial charge in [-0.25, -0.2) is 4.79 Å². The van der Waals surface area contributed by atoms with Gasteiger partial charge in [0.1, 0.15) is 11.4 Å². The van der Waals surface area contributed by atoms with Crippen LogP contribution in [0.2, 0.25) is 0 Å². The van der Waals surface area contributed by atoms with Gasteiger partial charge in [-0.05, 0) is 49.0 Å². The Bertz CT molecular complexity index is 1080. The van der Waals surface area contributed by atoms with Crippen LogP contribution in [0, 0.1) is 34.0 Å². The zero-order chi connectivity index (χ0) is 24.8. The Morgan fingerprint density at radius 1 is 1.18 bits per heavy atom. The number of rotatable bonds is 3. The highest BCUT2D eigenvalue weighted by atomic mass is 16.6. The standard InChI is InChI=1S/C27H34O7/c1-24(2)18(12-21(29)32-6)26(4)17-9-10-25(3)15(14-11-22(30)33-23(14)31)7-8-16(25)27(17,5)34-20(26)13-19(24)28/h8,11,13,15,17-18,23,31H,7,9-10,12H2,1-6H3/t15-,17+,18-,23?,25-,26+,27-/m0/s1. The number of aliphatic hydroxyl groups excluding tert-OH is 1. The summed E-state index contributed by atoms with van der Waals surface area (Å²) in [6.45, 7) is 10.3. The van der Waals surface area contributed by atoms with Crippen LogP contribution in [0.25, 0.3) is 0 Å². The molecule has 0 aromatic heterocycles. The van der Waals surface area contributed by atoms with Gasteiger partial charge in [0.2, 0.25) is 6.29 Å². The van der Waals surface area contributed by atoms with Gasteiger partial charge in [-0.15, -0.1) is 0 Å². The smallest absolute Gasteiger partial charge is 0.333 e. The fourth-order valence-corrected chi connectivity index (χ4v) is 8.15. The summed E-state index contributed by atoms with van der Waals surface area (Å²) < 4.78 is 16.8. The van der Waals surface area contributed by atoms with E-state index in [4.69, 9.17) is 14.2 Å². The molecule has 5 rings (SSSR count). The Morgan fingerprint density at radius 3 is 2.50 bits per heavy atom. The third-order valence-corrected chi connectivity index (χ3v) is 9.96. The highest BCUT2D eigenvalue weighted by Gasteiger charge is 2.70. The van der Waals surface area contributed by atoms with Crippen molar-refractivity contribution in [3.8, 4) is 0 Å². The van der Waals surface area contributed by atoms with Gasteiger partial charge in [0, 0.05) is 34.5 Å². The number of esters is 2. The van der Waals surface area contributed by atoms with Crippen LogP contribution in [-0.4, -0.2) is 41.8 Å². The van der Waals surface area contributed by atoms with Gasteiger partial charge >= 0.3 is 11.9 Å². The van der Waals surface area contributed by atoms with Gasteiger partial charge in [0.15, 0.2) is 5.78 Å². The summed E-state index contributed by atoms with van der Waals surface area (Å²) in [5.74, 6) is -0.469. The van der Waals surface area contributed by atoms with Crippen LogP contribution in [0.15, 0.2) is 35.1 Å². The largest absolute Gasteiger partial charge is 0.486 e.